The molecule has 1 atom stereocenters. The Morgan fingerprint density at radius 3 is 3.00 bits per heavy atom. The van der Waals surface area contributed by atoms with E-state index in [2.05, 4.69) is 10.5 Å². The van der Waals surface area contributed by atoms with E-state index in [4.69, 9.17) is 4.52 Å². The third-order valence-corrected chi connectivity index (χ3v) is 5.15. The van der Waals surface area contributed by atoms with Gasteiger partial charge in [0.25, 0.3) is 0 Å². The molecule has 1 aromatic rings. The van der Waals surface area contributed by atoms with Gasteiger partial charge in [0.2, 0.25) is 0 Å². The van der Waals surface area contributed by atoms with Gasteiger partial charge in [0.15, 0.2) is 15.6 Å². The van der Waals surface area contributed by atoms with Crippen molar-refractivity contribution in [2.75, 3.05) is 25.1 Å². The molecule has 0 bridgehead atoms. The van der Waals surface area contributed by atoms with Crippen molar-refractivity contribution in [3.63, 3.8) is 0 Å². The second-order valence-corrected chi connectivity index (χ2v) is 7.27. The van der Waals surface area contributed by atoms with Crippen LogP contribution >= 0.6 is 0 Å². The molecular weight excluding hydrogens is 266 g/mol. The van der Waals surface area contributed by atoms with E-state index in [9.17, 15) is 8.42 Å². The highest BCUT2D eigenvalue weighted by Crippen LogP contribution is 2.18. The first-order chi connectivity index (χ1) is 9.00. The summed E-state index contributed by atoms with van der Waals surface area (Å²) >= 11 is 0. The molecule has 6 nitrogen and oxygen atoms in total. The van der Waals surface area contributed by atoms with Gasteiger partial charge in [-0.15, -0.1) is 0 Å². The minimum Gasteiger partial charge on any atom is -0.360 e. The second kappa shape index (κ2) is 6.02. The number of rotatable bonds is 6. The lowest BCUT2D eigenvalue weighted by Crippen LogP contribution is -2.31. The average molecular weight is 287 g/mol. The topological polar surface area (TPSA) is 75.4 Å². The lowest BCUT2D eigenvalue weighted by Gasteiger charge is -2.21. The van der Waals surface area contributed by atoms with Gasteiger partial charge >= 0.3 is 0 Å². The number of nitrogens with zero attached hydrogens (tertiary/aromatic N) is 2. The van der Waals surface area contributed by atoms with Crippen LogP contribution in [0.15, 0.2) is 10.6 Å². The van der Waals surface area contributed by atoms with Crippen LogP contribution in [-0.2, 0) is 22.9 Å². The lowest BCUT2D eigenvalue weighted by molar-refractivity contribution is 0.222. The number of hydrogen-bond acceptors (Lipinski definition) is 6. The van der Waals surface area contributed by atoms with E-state index in [0.717, 1.165) is 18.0 Å². The smallest absolute Gasteiger partial charge is 0.151 e. The van der Waals surface area contributed by atoms with Gasteiger partial charge in [-0.3, -0.25) is 4.90 Å². The third kappa shape index (κ3) is 4.02. The summed E-state index contributed by atoms with van der Waals surface area (Å²) in [6, 6.07) is 2.01. The summed E-state index contributed by atoms with van der Waals surface area (Å²) in [4.78, 5) is 2.03. The van der Waals surface area contributed by atoms with Crippen LogP contribution in [0.1, 0.15) is 24.8 Å². The van der Waals surface area contributed by atoms with Crippen molar-refractivity contribution in [2.24, 2.45) is 0 Å². The van der Waals surface area contributed by atoms with Crippen LogP contribution < -0.4 is 5.32 Å². The minimum absolute atomic E-state index is 0.0901. The summed E-state index contributed by atoms with van der Waals surface area (Å²) < 4.78 is 28.2. The van der Waals surface area contributed by atoms with Crippen molar-refractivity contribution in [2.45, 2.75) is 32.5 Å². The lowest BCUT2D eigenvalue weighted by atomic mass is 10.2. The van der Waals surface area contributed by atoms with Crippen LogP contribution in [0.5, 0.6) is 0 Å². The molecule has 0 aromatic carbocycles. The Labute approximate surface area is 114 Å². The predicted molar refractivity (Wildman–Crippen MR) is 72.4 cm³/mol. The molecule has 2 heterocycles. The van der Waals surface area contributed by atoms with Crippen LogP contribution in [0, 0.1) is 0 Å². The molecule has 0 amide bonds. The van der Waals surface area contributed by atoms with Gasteiger partial charge in [-0.1, -0.05) is 12.1 Å². The average Bonchev–Trinajstić information content (AvgIpc) is 2.93. The highest BCUT2D eigenvalue weighted by atomic mass is 32.2. The number of nitrogens with one attached hydrogen (secondary N) is 1. The molecule has 0 saturated carbocycles. The zero-order valence-corrected chi connectivity index (χ0v) is 12.2. The fraction of sp³-hybridized carbons (Fsp3) is 0.750. The fourth-order valence-corrected chi connectivity index (χ4v) is 4.07. The van der Waals surface area contributed by atoms with Gasteiger partial charge in [-0.2, -0.15) is 0 Å². The van der Waals surface area contributed by atoms with Crippen LogP contribution in [-0.4, -0.2) is 49.6 Å². The van der Waals surface area contributed by atoms with E-state index in [1.807, 2.05) is 24.9 Å². The summed E-state index contributed by atoms with van der Waals surface area (Å²) in [7, 11) is -0.909. The summed E-state index contributed by atoms with van der Waals surface area (Å²) in [6.07, 6.45) is 0.706. The Morgan fingerprint density at radius 1 is 1.58 bits per heavy atom. The Balaban J connectivity index is 1.88. The van der Waals surface area contributed by atoms with Gasteiger partial charge < -0.3 is 9.84 Å². The van der Waals surface area contributed by atoms with E-state index in [-0.39, 0.29) is 11.8 Å². The van der Waals surface area contributed by atoms with Crippen molar-refractivity contribution in [1.29, 1.82) is 0 Å². The zero-order chi connectivity index (χ0) is 13.9. The molecule has 0 radical (unpaired) electrons. The summed E-state index contributed by atoms with van der Waals surface area (Å²) in [5, 5.41) is 7.16. The molecule has 1 aliphatic heterocycles. The fourth-order valence-electron chi connectivity index (χ4n) is 2.26. The van der Waals surface area contributed by atoms with Crippen molar-refractivity contribution >= 4 is 9.84 Å². The SMILES string of the molecule is CCNCc1cc(CN(C)C2CCS(=O)(=O)C2)on1. The maximum absolute atomic E-state index is 11.4. The van der Waals surface area contributed by atoms with Gasteiger partial charge in [0.1, 0.15) is 0 Å². The highest BCUT2D eigenvalue weighted by Gasteiger charge is 2.30. The van der Waals surface area contributed by atoms with E-state index in [1.165, 1.54) is 0 Å². The third-order valence-electron chi connectivity index (χ3n) is 3.40. The molecule has 1 aromatic heterocycles. The molecule has 0 aliphatic carbocycles. The van der Waals surface area contributed by atoms with E-state index >= 15 is 0 Å². The molecule has 19 heavy (non-hydrogen) atoms. The van der Waals surface area contributed by atoms with Crippen molar-refractivity contribution < 1.29 is 12.9 Å². The molecule has 1 aliphatic rings. The molecule has 1 saturated heterocycles. The van der Waals surface area contributed by atoms with Crippen molar-refractivity contribution in [3.8, 4) is 0 Å². The molecule has 2 rings (SSSR count). The normalized spacial score (nSPS) is 22.2. The van der Waals surface area contributed by atoms with Crippen LogP contribution in [0.4, 0.5) is 0 Å². The molecular formula is C12H21N3O3S. The predicted octanol–water partition coefficient (Wildman–Crippen LogP) is 0.403. The Hall–Kier alpha value is -0.920. The Morgan fingerprint density at radius 2 is 2.37 bits per heavy atom. The largest absolute Gasteiger partial charge is 0.360 e. The molecule has 1 fully saturated rings. The van der Waals surface area contributed by atoms with E-state index < -0.39 is 9.84 Å². The van der Waals surface area contributed by atoms with E-state index in [0.29, 0.717) is 25.3 Å². The van der Waals surface area contributed by atoms with Gasteiger partial charge in [0, 0.05) is 18.7 Å². The van der Waals surface area contributed by atoms with Crippen molar-refractivity contribution in [1.82, 2.24) is 15.4 Å². The van der Waals surface area contributed by atoms with Crippen molar-refractivity contribution in [3.05, 3.63) is 17.5 Å². The second-order valence-electron chi connectivity index (χ2n) is 5.04. The standard InChI is InChI=1S/C12H21N3O3S/c1-3-13-7-10-6-12(18-14-10)8-15(2)11-4-5-19(16,17)9-11/h6,11,13H,3-5,7-9H2,1-2H3. The maximum Gasteiger partial charge on any atom is 0.151 e. The maximum atomic E-state index is 11.4. The van der Waals surface area contributed by atoms with Crippen LogP contribution in [0.25, 0.3) is 0 Å². The highest BCUT2D eigenvalue weighted by molar-refractivity contribution is 7.91. The zero-order valence-electron chi connectivity index (χ0n) is 11.4. The van der Waals surface area contributed by atoms with Gasteiger partial charge in [-0.05, 0) is 20.0 Å². The quantitative estimate of drug-likeness (QED) is 0.816. The first kappa shape index (κ1) is 14.5. The summed E-state index contributed by atoms with van der Waals surface area (Å²) in [5.74, 6) is 1.33. The first-order valence-corrected chi connectivity index (χ1v) is 8.38. The monoisotopic (exact) mass is 287 g/mol. The summed E-state index contributed by atoms with van der Waals surface area (Å²) in [6.45, 7) is 4.22. The Kier molecular flexibility index (Phi) is 4.59. The number of aromatic nitrogens is 1. The molecule has 1 unspecified atom stereocenters. The number of sulfone groups is 1. The molecule has 0 spiro atoms. The van der Waals surface area contributed by atoms with E-state index in [1.54, 1.807) is 0 Å². The number of hydrogen-bond donors (Lipinski definition) is 1. The Bertz CT molecular complexity index is 512. The minimum atomic E-state index is -2.84. The van der Waals surface area contributed by atoms with Crippen LogP contribution in [0.3, 0.4) is 0 Å². The first-order valence-electron chi connectivity index (χ1n) is 6.56. The molecule has 1 N–H and O–H groups in total. The molecule has 108 valence electrons. The van der Waals surface area contributed by atoms with Gasteiger partial charge in [-0.25, -0.2) is 8.42 Å². The van der Waals surface area contributed by atoms with Crippen LogP contribution in [0.2, 0.25) is 0 Å². The molecule has 7 heteroatoms. The van der Waals surface area contributed by atoms with Gasteiger partial charge in [0.05, 0.1) is 23.7 Å². The summed E-state index contributed by atoms with van der Waals surface area (Å²) in [5.41, 5.74) is 0.879.